The van der Waals surface area contributed by atoms with Gasteiger partial charge in [0.05, 0.1) is 34.0 Å². The number of aryl methyl sites for hydroxylation is 1. The third-order valence-electron chi connectivity index (χ3n) is 6.75. The second-order valence-corrected chi connectivity index (χ2v) is 11.3. The van der Waals surface area contributed by atoms with Gasteiger partial charge in [0.1, 0.15) is 17.3 Å². The SMILES string of the molecule is [2H]C([2H])(Nc1c(C#N)cnc2c(Cl)cc(N[C@H](c3cn(C4(C(F)F)CC4)nn3)c3ccc(F)nc3C)cc12)C(C)(C)C. The van der Waals surface area contributed by atoms with Crippen LogP contribution >= 0.6 is 11.6 Å². The molecule has 40 heavy (non-hydrogen) atoms. The van der Waals surface area contributed by atoms with Crippen LogP contribution in [0.2, 0.25) is 5.02 Å². The molecule has 1 aliphatic carbocycles. The Labute approximate surface area is 237 Å². The summed E-state index contributed by atoms with van der Waals surface area (Å²) >= 11 is 6.64. The summed E-state index contributed by atoms with van der Waals surface area (Å²) in [6, 6.07) is 7.21. The molecule has 5 rings (SSSR count). The Morgan fingerprint density at radius 3 is 2.65 bits per heavy atom. The van der Waals surface area contributed by atoms with Gasteiger partial charge < -0.3 is 10.6 Å². The zero-order valence-electron chi connectivity index (χ0n) is 24.2. The van der Waals surface area contributed by atoms with Gasteiger partial charge in [0.25, 0.3) is 6.43 Å². The number of halogens is 4. The van der Waals surface area contributed by atoms with E-state index in [1.54, 1.807) is 39.8 Å². The molecule has 4 aromatic rings. The van der Waals surface area contributed by atoms with Gasteiger partial charge in [-0.15, -0.1) is 5.10 Å². The van der Waals surface area contributed by atoms with Crippen molar-refractivity contribution in [1.29, 1.82) is 5.26 Å². The minimum absolute atomic E-state index is 0.114. The number of benzene rings is 1. The van der Waals surface area contributed by atoms with Crippen LogP contribution < -0.4 is 10.6 Å². The van der Waals surface area contributed by atoms with E-state index in [1.807, 2.05) is 0 Å². The van der Waals surface area contributed by atoms with Crippen molar-refractivity contribution in [1.82, 2.24) is 25.0 Å². The first-order valence-corrected chi connectivity index (χ1v) is 13.0. The molecule has 0 bridgehead atoms. The molecule has 0 spiro atoms. The predicted molar refractivity (Wildman–Crippen MR) is 147 cm³/mol. The van der Waals surface area contributed by atoms with E-state index in [4.69, 9.17) is 14.3 Å². The van der Waals surface area contributed by atoms with Gasteiger partial charge in [-0.1, -0.05) is 43.7 Å². The van der Waals surface area contributed by atoms with Crippen molar-refractivity contribution in [2.45, 2.75) is 58.5 Å². The minimum Gasteiger partial charge on any atom is -0.383 e. The molecular formula is C28H28ClF3N8. The quantitative estimate of drug-likeness (QED) is 0.230. The summed E-state index contributed by atoms with van der Waals surface area (Å²) in [5.41, 5.74) is 0.00352. The molecule has 8 nitrogen and oxygen atoms in total. The number of hydrogen-bond acceptors (Lipinski definition) is 7. The van der Waals surface area contributed by atoms with Crippen LogP contribution in [0.5, 0.6) is 0 Å². The lowest BCUT2D eigenvalue weighted by molar-refractivity contribution is 0.0593. The summed E-state index contributed by atoms with van der Waals surface area (Å²) in [6.07, 6.45) is 0.703. The topological polar surface area (TPSA) is 104 Å². The van der Waals surface area contributed by atoms with Gasteiger partial charge in [-0.2, -0.15) is 9.65 Å². The minimum atomic E-state index is -2.62. The first kappa shape index (κ1) is 25.1. The van der Waals surface area contributed by atoms with Crippen molar-refractivity contribution in [2.75, 3.05) is 17.1 Å². The number of alkyl halides is 2. The van der Waals surface area contributed by atoms with Crippen LogP contribution in [-0.4, -0.2) is 37.9 Å². The molecule has 1 aliphatic rings. The molecule has 1 aromatic carbocycles. The third-order valence-corrected chi connectivity index (χ3v) is 7.04. The molecule has 0 unspecified atom stereocenters. The first-order valence-electron chi connectivity index (χ1n) is 13.6. The van der Waals surface area contributed by atoms with E-state index in [0.29, 0.717) is 33.5 Å². The number of nitrogens with zero attached hydrogens (tertiary/aromatic N) is 6. The Balaban J connectivity index is 1.63. The molecule has 0 saturated heterocycles. The molecule has 2 N–H and O–H groups in total. The number of anilines is 2. The summed E-state index contributed by atoms with van der Waals surface area (Å²) in [7, 11) is 0. The Hall–Kier alpha value is -3.91. The fraction of sp³-hybridized carbons (Fsp3) is 0.393. The van der Waals surface area contributed by atoms with Crippen LogP contribution in [0.4, 0.5) is 24.5 Å². The van der Waals surface area contributed by atoms with Gasteiger partial charge in [0.15, 0.2) is 0 Å². The van der Waals surface area contributed by atoms with Crippen molar-refractivity contribution in [2.24, 2.45) is 5.41 Å². The van der Waals surface area contributed by atoms with Gasteiger partial charge >= 0.3 is 0 Å². The van der Waals surface area contributed by atoms with Gasteiger partial charge in [-0.25, -0.2) is 18.4 Å². The van der Waals surface area contributed by atoms with Crippen molar-refractivity contribution in [3.8, 4) is 6.07 Å². The van der Waals surface area contributed by atoms with E-state index in [9.17, 15) is 18.4 Å². The highest BCUT2D eigenvalue weighted by Crippen LogP contribution is 2.48. The first-order chi connectivity index (χ1) is 19.7. The van der Waals surface area contributed by atoms with Crippen LogP contribution in [0.1, 0.15) is 64.9 Å². The molecule has 12 heteroatoms. The van der Waals surface area contributed by atoms with Gasteiger partial charge in [-0.3, -0.25) is 4.98 Å². The predicted octanol–water partition coefficient (Wildman–Crippen LogP) is 6.61. The van der Waals surface area contributed by atoms with Gasteiger partial charge in [0.2, 0.25) is 5.95 Å². The van der Waals surface area contributed by atoms with Crippen molar-refractivity contribution in [3.05, 3.63) is 70.1 Å². The smallest absolute Gasteiger partial charge is 0.263 e. The lowest BCUT2D eigenvalue weighted by Crippen LogP contribution is -2.26. The van der Waals surface area contributed by atoms with Gasteiger partial charge in [-0.05, 0) is 43.4 Å². The molecule has 0 aliphatic heterocycles. The highest BCUT2D eigenvalue weighted by Gasteiger charge is 2.54. The zero-order chi connectivity index (χ0) is 30.6. The molecular weight excluding hydrogens is 541 g/mol. The molecule has 1 atom stereocenters. The molecule has 208 valence electrons. The largest absolute Gasteiger partial charge is 0.383 e. The standard InChI is InChI=1S/C28H28ClF3N8/c1-15-18(5-6-22(30)36-15)25(21-13-40(39-38-21)28(7-8-28)26(31)32)37-17-9-19-23(35-14-27(2,3)4)16(11-33)12-34-24(19)20(29)10-17/h5-6,9-10,12-13,25-26,37H,7-8,14H2,1-4H3,(H,34,35)/t25-/m0/s1/i14D2. The van der Waals surface area contributed by atoms with Crippen LogP contribution in [0.15, 0.2) is 36.7 Å². The number of rotatable bonds is 8. The average molecular weight is 571 g/mol. The number of hydrogen-bond donors (Lipinski definition) is 2. The lowest BCUT2D eigenvalue weighted by Gasteiger charge is -2.23. The van der Waals surface area contributed by atoms with E-state index in [0.717, 1.165) is 0 Å². The van der Waals surface area contributed by atoms with E-state index < -0.39 is 35.9 Å². The molecule has 0 amide bonds. The molecule has 1 saturated carbocycles. The second-order valence-electron chi connectivity index (χ2n) is 10.9. The van der Waals surface area contributed by atoms with Crippen LogP contribution in [-0.2, 0) is 5.54 Å². The van der Waals surface area contributed by atoms with Crippen LogP contribution in [0, 0.1) is 29.6 Å². The fourth-order valence-electron chi connectivity index (χ4n) is 4.44. The lowest BCUT2D eigenvalue weighted by atomic mass is 9.96. The van der Waals surface area contributed by atoms with Crippen molar-refractivity contribution in [3.63, 3.8) is 0 Å². The summed E-state index contributed by atoms with van der Waals surface area (Å²) in [5, 5.41) is 24.8. The number of pyridine rings is 2. The highest BCUT2D eigenvalue weighted by atomic mass is 35.5. The number of fused-ring (bicyclic) bond motifs is 1. The summed E-state index contributed by atoms with van der Waals surface area (Å²) in [5.74, 6) is -0.680. The van der Waals surface area contributed by atoms with Crippen LogP contribution in [0.3, 0.4) is 0 Å². The summed E-state index contributed by atoms with van der Waals surface area (Å²) in [6.45, 7) is 4.88. The summed E-state index contributed by atoms with van der Waals surface area (Å²) in [4.78, 5) is 8.25. The number of nitriles is 1. The zero-order valence-corrected chi connectivity index (χ0v) is 23.0. The molecule has 3 heterocycles. The molecule has 0 radical (unpaired) electrons. The third kappa shape index (κ3) is 5.28. The maximum absolute atomic E-state index is 13.9. The number of aromatic nitrogens is 5. The highest BCUT2D eigenvalue weighted by molar-refractivity contribution is 6.35. The van der Waals surface area contributed by atoms with E-state index in [-0.39, 0.29) is 29.1 Å². The number of nitrogens with one attached hydrogen (secondary N) is 2. The van der Waals surface area contributed by atoms with Gasteiger partial charge in [0, 0.05) is 37.8 Å². The van der Waals surface area contributed by atoms with Crippen molar-refractivity contribution >= 4 is 33.9 Å². The van der Waals surface area contributed by atoms with E-state index in [2.05, 4.69) is 37.0 Å². The fourth-order valence-corrected chi connectivity index (χ4v) is 4.71. The Bertz CT molecular complexity index is 1710. The molecule has 1 fully saturated rings. The summed E-state index contributed by atoms with van der Waals surface area (Å²) < 4.78 is 59.9. The normalized spacial score (nSPS) is 16.3. The van der Waals surface area contributed by atoms with E-state index >= 15 is 0 Å². The van der Waals surface area contributed by atoms with Crippen LogP contribution in [0.25, 0.3) is 10.9 Å². The van der Waals surface area contributed by atoms with Crippen molar-refractivity contribution < 1.29 is 15.9 Å². The Morgan fingerprint density at radius 1 is 1.27 bits per heavy atom. The van der Waals surface area contributed by atoms with E-state index in [1.165, 1.54) is 29.2 Å². The average Bonchev–Trinajstić information content (AvgIpc) is 3.57. The Kier molecular flexibility index (Phi) is 6.42. The monoisotopic (exact) mass is 570 g/mol. The maximum Gasteiger partial charge on any atom is 0.263 e. The maximum atomic E-state index is 13.9. The second kappa shape index (κ2) is 10.2. The Morgan fingerprint density at radius 2 is 2.02 bits per heavy atom. The molecule has 3 aromatic heterocycles.